The molecule has 0 bridgehead atoms. The van der Waals surface area contributed by atoms with Gasteiger partial charge in [0.05, 0.1) is 5.75 Å². The van der Waals surface area contributed by atoms with Gasteiger partial charge in [0.2, 0.25) is 0 Å². The minimum Gasteiger partial charge on any atom is -0.229 e. The van der Waals surface area contributed by atoms with Crippen LogP contribution < -0.4 is 0 Å². The first-order valence-corrected chi connectivity index (χ1v) is 10.2. The Labute approximate surface area is 139 Å². The SMILES string of the molecule is CCCS(=O)(=O)CCC(CCl)(CCl)c1cccc(Br)c1. The van der Waals surface area contributed by atoms with Crippen LogP contribution in [0.25, 0.3) is 0 Å². The summed E-state index contributed by atoms with van der Waals surface area (Å²) in [6, 6.07) is 7.73. The summed E-state index contributed by atoms with van der Waals surface area (Å²) in [5.74, 6) is 0.933. The molecule has 1 aromatic rings. The zero-order valence-electron chi connectivity index (χ0n) is 11.4. The molecule has 0 heterocycles. The molecule has 0 aromatic heterocycles. The van der Waals surface area contributed by atoms with E-state index >= 15 is 0 Å². The highest BCUT2D eigenvalue weighted by molar-refractivity contribution is 9.10. The van der Waals surface area contributed by atoms with Crippen molar-refractivity contribution < 1.29 is 8.42 Å². The molecule has 0 saturated heterocycles. The van der Waals surface area contributed by atoms with Crippen LogP contribution in [-0.2, 0) is 15.3 Å². The monoisotopic (exact) mass is 400 g/mol. The van der Waals surface area contributed by atoms with Gasteiger partial charge in [-0.2, -0.15) is 0 Å². The molecule has 0 aliphatic rings. The molecule has 0 amide bonds. The molecule has 0 N–H and O–H groups in total. The Balaban J connectivity index is 2.99. The van der Waals surface area contributed by atoms with E-state index in [-0.39, 0.29) is 11.5 Å². The van der Waals surface area contributed by atoms with Gasteiger partial charge in [0, 0.05) is 27.4 Å². The molecule has 0 aliphatic heterocycles. The van der Waals surface area contributed by atoms with Gasteiger partial charge in [0.25, 0.3) is 0 Å². The number of rotatable bonds is 8. The van der Waals surface area contributed by atoms with Gasteiger partial charge in [-0.1, -0.05) is 35.0 Å². The lowest BCUT2D eigenvalue weighted by atomic mass is 9.82. The number of hydrogen-bond acceptors (Lipinski definition) is 2. The second-order valence-electron chi connectivity index (χ2n) is 4.96. The van der Waals surface area contributed by atoms with Crippen molar-refractivity contribution in [2.75, 3.05) is 23.3 Å². The van der Waals surface area contributed by atoms with Crippen LogP contribution in [0.1, 0.15) is 25.3 Å². The summed E-state index contributed by atoms with van der Waals surface area (Å²) >= 11 is 15.7. The molecule has 1 rings (SSSR count). The molecule has 0 radical (unpaired) electrons. The minimum absolute atomic E-state index is 0.118. The van der Waals surface area contributed by atoms with E-state index in [0.29, 0.717) is 24.6 Å². The zero-order chi connectivity index (χ0) is 15.2. The number of halogens is 3. The average Bonchev–Trinajstić information content (AvgIpc) is 2.40. The first-order chi connectivity index (χ1) is 9.39. The largest absolute Gasteiger partial charge is 0.229 e. The first-order valence-electron chi connectivity index (χ1n) is 6.47. The highest BCUT2D eigenvalue weighted by atomic mass is 79.9. The van der Waals surface area contributed by atoms with Crippen molar-refractivity contribution in [3.05, 3.63) is 34.3 Å². The molecule has 1 aromatic carbocycles. The minimum atomic E-state index is -3.03. The molecule has 2 nitrogen and oxygen atoms in total. The first kappa shape index (κ1) is 18.3. The van der Waals surface area contributed by atoms with Gasteiger partial charge in [-0.05, 0) is 30.5 Å². The topological polar surface area (TPSA) is 34.1 Å². The summed E-state index contributed by atoms with van der Waals surface area (Å²) in [4.78, 5) is 0. The number of alkyl halides is 2. The molecule has 0 aliphatic carbocycles. The zero-order valence-corrected chi connectivity index (χ0v) is 15.3. The molecule has 0 unspecified atom stereocenters. The quantitative estimate of drug-likeness (QED) is 0.605. The summed E-state index contributed by atoms with van der Waals surface area (Å²) in [7, 11) is -3.03. The Hall–Kier alpha value is 0.230. The van der Waals surface area contributed by atoms with E-state index in [2.05, 4.69) is 15.9 Å². The fourth-order valence-electron chi connectivity index (χ4n) is 2.05. The van der Waals surface area contributed by atoms with Crippen molar-refractivity contribution in [1.82, 2.24) is 0 Å². The standard InChI is InChI=1S/C14H19BrCl2O2S/c1-2-7-20(18,19)8-6-14(10-16,11-17)12-4-3-5-13(15)9-12/h3-5,9H,2,6-8,10-11H2,1H3. The van der Waals surface area contributed by atoms with Crippen LogP contribution in [0.15, 0.2) is 28.7 Å². The summed E-state index contributed by atoms with van der Waals surface area (Å²) < 4.78 is 24.8. The van der Waals surface area contributed by atoms with Gasteiger partial charge in [0.15, 0.2) is 0 Å². The van der Waals surface area contributed by atoms with E-state index < -0.39 is 15.3 Å². The second-order valence-corrected chi connectivity index (χ2v) is 8.71. The Morgan fingerprint density at radius 2 is 1.85 bits per heavy atom. The lowest BCUT2D eigenvalue weighted by Crippen LogP contribution is -2.33. The van der Waals surface area contributed by atoms with Crippen molar-refractivity contribution in [2.45, 2.75) is 25.2 Å². The molecule has 0 saturated carbocycles. The average molecular weight is 402 g/mol. The van der Waals surface area contributed by atoms with E-state index in [0.717, 1.165) is 10.0 Å². The van der Waals surface area contributed by atoms with Gasteiger partial charge < -0.3 is 0 Å². The smallest absolute Gasteiger partial charge is 0.150 e. The van der Waals surface area contributed by atoms with Crippen LogP contribution in [0.4, 0.5) is 0 Å². The third kappa shape index (κ3) is 4.90. The van der Waals surface area contributed by atoms with Gasteiger partial charge >= 0.3 is 0 Å². The predicted molar refractivity (Wildman–Crippen MR) is 90.8 cm³/mol. The summed E-state index contributed by atoms with van der Waals surface area (Å²) in [5.41, 5.74) is 0.469. The van der Waals surface area contributed by atoms with Crippen LogP contribution in [0.2, 0.25) is 0 Å². The van der Waals surface area contributed by atoms with Gasteiger partial charge in [-0.15, -0.1) is 23.2 Å². The fourth-order valence-corrected chi connectivity index (χ4v) is 4.84. The molecule has 0 spiro atoms. The van der Waals surface area contributed by atoms with Crippen molar-refractivity contribution in [2.24, 2.45) is 0 Å². The maximum Gasteiger partial charge on any atom is 0.150 e. The van der Waals surface area contributed by atoms with Crippen molar-refractivity contribution in [1.29, 1.82) is 0 Å². The maximum atomic E-state index is 11.9. The van der Waals surface area contributed by atoms with Crippen LogP contribution in [0, 0.1) is 0 Å². The van der Waals surface area contributed by atoms with Gasteiger partial charge in [-0.3, -0.25) is 0 Å². The van der Waals surface area contributed by atoms with Crippen LogP contribution in [0.5, 0.6) is 0 Å². The summed E-state index contributed by atoms with van der Waals surface area (Å²) in [6.07, 6.45) is 1.08. The van der Waals surface area contributed by atoms with Crippen LogP contribution in [0.3, 0.4) is 0 Å². The van der Waals surface area contributed by atoms with Crippen molar-refractivity contribution in [3.63, 3.8) is 0 Å². The normalized spacial score (nSPS) is 12.6. The third-order valence-corrected chi connectivity index (χ3v) is 6.73. The maximum absolute atomic E-state index is 11.9. The second kappa shape index (κ2) is 8.02. The molecule has 0 atom stereocenters. The van der Waals surface area contributed by atoms with E-state index in [9.17, 15) is 8.42 Å². The van der Waals surface area contributed by atoms with E-state index in [4.69, 9.17) is 23.2 Å². The Kier molecular flexibility index (Phi) is 7.33. The van der Waals surface area contributed by atoms with E-state index in [1.165, 1.54) is 0 Å². The van der Waals surface area contributed by atoms with Crippen molar-refractivity contribution >= 4 is 49.0 Å². The molecule has 0 fully saturated rings. The Bertz CT molecular complexity index is 528. The van der Waals surface area contributed by atoms with E-state index in [1.807, 2.05) is 31.2 Å². The van der Waals surface area contributed by atoms with Crippen LogP contribution in [-0.4, -0.2) is 31.7 Å². The number of sulfone groups is 1. The fraction of sp³-hybridized carbons (Fsp3) is 0.571. The Morgan fingerprint density at radius 1 is 1.20 bits per heavy atom. The lowest BCUT2D eigenvalue weighted by molar-refractivity contribution is 0.511. The van der Waals surface area contributed by atoms with Gasteiger partial charge in [-0.25, -0.2) is 8.42 Å². The Morgan fingerprint density at radius 3 is 2.35 bits per heavy atom. The van der Waals surface area contributed by atoms with Gasteiger partial charge in [0.1, 0.15) is 9.84 Å². The highest BCUT2D eigenvalue weighted by Crippen LogP contribution is 2.33. The highest BCUT2D eigenvalue weighted by Gasteiger charge is 2.32. The van der Waals surface area contributed by atoms with E-state index in [1.54, 1.807) is 0 Å². The third-order valence-electron chi connectivity index (χ3n) is 3.36. The lowest BCUT2D eigenvalue weighted by Gasteiger charge is -2.30. The number of hydrogen-bond donors (Lipinski definition) is 0. The molecule has 114 valence electrons. The molecule has 20 heavy (non-hydrogen) atoms. The summed E-state index contributed by atoms with van der Waals surface area (Å²) in [6.45, 7) is 1.86. The predicted octanol–water partition coefficient (Wildman–Crippen LogP) is 4.38. The molecular formula is C14H19BrCl2O2S. The molecular weight excluding hydrogens is 383 g/mol. The van der Waals surface area contributed by atoms with Crippen molar-refractivity contribution in [3.8, 4) is 0 Å². The number of benzene rings is 1. The van der Waals surface area contributed by atoms with Crippen LogP contribution >= 0.6 is 39.1 Å². The summed E-state index contributed by atoms with van der Waals surface area (Å²) in [5, 5.41) is 0. The molecule has 6 heteroatoms.